The first-order valence-corrected chi connectivity index (χ1v) is 5.27. The van der Waals surface area contributed by atoms with E-state index in [1.165, 1.54) is 6.07 Å². The highest BCUT2D eigenvalue weighted by Gasteiger charge is 2.35. The minimum absolute atomic E-state index is 0.111. The van der Waals surface area contributed by atoms with Gasteiger partial charge in [0.2, 0.25) is 0 Å². The molecule has 0 aliphatic rings. The Morgan fingerprint density at radius 1 is 1.37 bits per heavy atom. The van der Waals surface area contributed by atoms with Crippen molar-refractivity contribution in [2.45, 2.75) is 25.6 Å². The van der Waals surface area contributed by atoms with Crippen molar-refractivity contribution in [1.82, 2.24) is 0 Å². The fourth-order valence-corrected chi connectivity index (χ4v) is 1.44. The van der Waals surface area contributed by atoms with E-state index < -0.39 is 28.8 Å². The first-order chi connectivity index (χ1) is 8.57. The SMILES string of the molecule is C#CC(C)(C)Nc1ccc(C(=O)O)c(C(F)(F)F)c1. The number of terminal acetylenes is 1. The van der Waals surface area contributed by atoms with Crippen LogP contribution in [-0.2, 0) is 6.18 Å². The number of hydrogen-bond donors (Lipinski definition) is 2. The van der Waals surface area contributed by atoms with Crippen LogP contribution in [0.4, 0.5) is 18.9 Å². The molecule has 0 amide bonds. The zero-order chi connectivity index (χ0) is 14.8. The van der Waals surface area contributed by atoms with Crippen molar-refractivity contribution in [2.75, 3.05) is 5.32 Å². The van der Waals surface area contributed by atoms with Crippen molar-refractivity contribution in [1.29, 1.82) is 0 Å². The number of aromatic carboxylic acids is 1. The molecule has 0 saturated heterocycles. The average molecular weight is 271 g/mol. The van der Waals surface area contributed by atoms with E-state index in [4.69, 9.17) is 11.5 Å². The second-order valence-corrected chi connectivity index (χ2v) is 4.46. The van der Waals surface area contributed by atoms with E-state index in [9.17, 15) is 18.0 Å². The molecular weight excluding hydrogens is 259 g/mol. The number of rotatable bonds is 3. The van der Waals surface area contributed by atoms with Gasteiger partial charge in [0.1, 0.15) is 0 Å². The van der Waals surface area contributed by atoms with Crippen LogP contribution in [0.2, 0.25) is 0 Å². The minimum Gasteiger partial charge on any atom is -0.478 e. The summed E-state index contributed by atoms with van der Waals surface area (Å²) in [5.74, 6) is 0.747. The Bertz CT molecular complexity index is 542. The molecule has 6 heteroatoms. The maximum atomic E-state index is 12.8. The molecular formula is C13H12F3NO2. The molecule has 1 aromatic carbocycles. The number of anilines is 1. The summed E-state index contributed by atoms with van der Waals surface area (Å²) in [6, 6.07) is 2.89. The summed E-state index contributed by atoms with van der Waals surface area (Å²) in [5, 5.41) is 11.5. The molecule has 1 rings (SSSR count). The molecule has 2 N–H and O–H groups in total. The molecule has 0 heterocycles. The molecule has 1 aromatic rings. The Morgan fingerprint density at radius 2 is 1.95 bits per heavy atom. The van der Waals surface area contributed by atoms with Gasteiger partial charge in [-0.3, -0.25) is 0 Å². The molecule has 3 nitrogen and oxygen atoms in total. The monoisotopic (exact) mass is 271 g/mol. The summed E-state index contributed by atoms with van der Waals surface area (Å²) >= 11 is 0. The van der Waals surface area contributed by atoms with Gasteiger partial charge in [-0.25, -0.2) is 4.79 Å². The van der Waals surface area contributed by atoms with E-state index in [0.29, 0.717) is 0 Å². The highest BCUT2D eigenvalue weighted by atomic mass is 19.4. The molecule has 0 atom stereocenters. The smallest absolute Gasteiger partial charge is 0.417 e. The van der Waals surface area contributed by atoms with E-state index in [1.807, 2.05) is 0 Å². The van der Waals surface area contributed by atoms with E-state index in [1.54, 1.807) is 13.8 Å². The van der Waals surface area contributed by atoms with Crippen molar-refractivity contribution in [3.63, 3.8) is 0 Å². The van der Waals surface area contributed by atoms with Gasteiger partial charge in [0, 0.05) is 5.69 Å². The molecule has 102 valence electrons. The van der Waals surface area contributed by atoms with Gasteiger partial charge in [0.25, 0.3) is 0 Å². The van der Waals surface area contributed by atoms with Gasteiger partial charge in [-0.2, -0.15) is 13.2 Å². The average Bonchev–Trinajstić information content (AvgIpc) is 2.27. The normalized spacial score (nSPS) is 11.8. The van der Waals surface area contributed by atoms with Crippen molar-refractivity contribution in [2.24, 2.45) is 0 Å². The van der Waals surface area contributed by atoms with Crippen LogP contribution in [0.25, 0.3) is 0 Å². The fourth-order valence-electron chi connectivity index (χ4n) is 1.44. The van der Waals surface area contributed by atoms with Crippen LogP contribution >= 0.6 is 0 Å². The second-order valence-electron chi connectivity index (χ2n) is 4.46. The Kier molecular flexibility index (Phi) is 3.80. The van der Waals surface area contributed by atoms with Crippen molar-refractivity contribution < 1.29 is 23.1 Å². The lowest BCUT2D eigenvalue weighted by Crippen LogP contribution is -2.28. The summed E-state index contributed by atoms with van der Waals surface area (Å²) in [6.07, 6.45) is 0.483. The number of carboxylic acids is 1. The van der Waals surface area contributed by atoms with Gasteiger partial charge < -0.3 is 10.4 Å². The van der Waals surface area contributed by atoms with Crippen molar-refractivity contribution in [3.8, 4) is 12.3 Å². The molecule has 0 unspecified atom stereocenters. The van der Waals surface area contributed by atoms with Crippen LogP contribution in [0.3, 0.4) is 0 Å². The molecule has 0 fully saturated rings. The lowest BCUT2D eigenvalue weighted by molar-refractivity contribution is -0.138. The summed E-state index contributed by atoms with van der Waals surface area (Å²) in [7, 11) is 0. The van der Waals surface area contributed by atoms with Crippen molar-refractivity contribution in [3.05, 3.63) is 29.3 Å². The maximum absolute atomic E-state index is 12.8. The molecule has 0 aliphatic carbocycles. The van der Waals surface area contributed by atoms with Gasteiger partial charge in [-0.05, 0) is 32.0 Å². The molecule has 19 heavy (non-hydrogen) atoms. The van der Waals surface area contributed by atoms with Gasteiger partial charge in [0.15, 0.2) is 0 Å². The van der Waals surface area contributed by atoms with Crippen LogP contribution in [-0.4, -0.2) is 16.6 Å². The lowest BCUT2D eigenvalue weighted by Gasteiger charge is -2.22. The number of carboxylic acid groups (broad SMARTS) is 1. The number of alkyl halides is 3. The van der Waals surface area contributed by atoms with Crippen LogP contribution in [0.15, 0.2) is 18.2 Å². The van der Waals surface area contributed by atoms with Crippen LogP contribution in [0.1, 0.15) is 29.8 Å². The predicted octanol–water partition coefficient (Wildman–Crippen LogP) is 3.23. The summed E-state index contributed by atoms with van der Waals surface area (Å²) < 4.78 is 38.3. The summed E-state index contributed by atoms with van der Waals surface area (Å²) in [4.78, 5) is 10.8. The first kappa shape index (κ1) is 14.9. The maximum Gasteiger partial charge on any atom is 0.417 e. The van der Waals surface area contributed by atoms with Gasteiger partial charge >= 0.3 is 12.1 Å². The number of benzene rings is 1. The van der Waals surface area contributed by atoms with Crippen molar-refractivity contribution >= 4 is 11.7 Å². The molecule has 0 bridgehead atoms. The topological polar surface area (TPSA) is 49.3 Å². The number of hydrogen-bond acceptors (Lipinski definition) is 2. The van der Waals surface area contributed by atoms with Crippen LogP contribution < -0.4 is 5.32 Å². The number of carbonyl (C=O) groups is 1. The van der Waals surface area contributed by atoms with Crippen LogP contribution in [0, 0.1) is 12.3 Å². The first-order valence-electron chi connectivity index (χ1n) is 5.27. The zero-order valence-electron chi connectivity index (χ0n) is 10.3. The van der Waals surface area contributed by atoms with Gasteiger partial charge in [-0.15, -0.1) is 6.42 Å². The fraction of sp³-hybridized carbons (Fsp3) is 0.308. The summed E-state index contributed by atoms with van der Waals surface area (Å²) in [5.41, 5.74) is -2.73. The second kappa shape index (κ2) is 4.84. The zero-order valence-corrected chi connectivity index (χ0v) is 10.3. The van der Waals surface area contributed by atoms with E-state index in [0.717, 1.165) is 12.1 Å². The Labute approximate surface area is 108 Å². The van der Waals surface area contributed by atoms with E-state index in [2.05, 4.69) is 11.2 Å². The molecule has 0 spiro atoms. The molecule has 0 aromatic heterocycles. The largest absolute Gasteiger partial charge is 0.478 e. The third-order valence-corrected chi connectivity index (χ3v) is 2.37. The third-order valence-electron chi connectivity index (χ3n) is 2.37. The Balaban J connectivity index is 3.28. The standard InChI is InChI=1S/C13H12F3NO2/c1-4-12(2,3)17-8-5-6-9(11(18)19)10(7-8)13(14,15)16/h1,5-7,17H,2-3H3,(H,18,19). The molecule has 0 aliphatic heterocycles. The number of nitrogens with one attached hydrogen (secondary N) is 1. The van der Waals surface area contributed by atoms with E-state index >= 15 is 0 Å². The predicted molar refractivity (Wildman–Crippen MR) is 64.9 cm³/mol. The Hall–Kier alpha value is -2.16. The van der Waals surface area contributed by atoms with Gasteiger partial charge in [-0.1, -0.05) is 5.92 Å². The van der Waals surface area contributed by atoms with E-state index in [-0.39, 0.29) is 5.69 Å². The quantitative estimate of drug-likeness (QED) is 0.830. The highest BCUT2D eigenvalue weighted by Crippen LogP contribution is 2.34. The molecule has 0 radical (unpaired) electrons. The highest BCUT2D eigenvalue weighted by molar-refractivity contribution is 5.90. The van der Waals surface area contributed by atoms with Crippen LogP contribution in [0.5, 0.6) is 0 Å². The molecule has 0 saturated carbocycles. The summed E-state index contributed by atoms with van der Waals surface area (Å²) in [6.45, 7) is 3.23. The lowest BCUT2D eigenvalue weighted by atomic mass is 10.0. The third kappa shape index (κ3) is 3.65. The Morgan fingerprint density at radius 3 is 2.37 bits per heavy atom. The minimum atomic E-state index is -4.74. The number of halogens is 3. The van der Waals surface area contributed by atoms with Gasteiger partial charge in [0.05, 0.1) is 16.7 Å².